The summed E-state index contributed by atoms with van der Waals surface area (Å²) in [5.74, 6) is -1.25. The van der Waals surface area contributed by atoms with E-state index in [0.29, 0.717) is 59.0 Å². The summed E-state index contributed by atoms with van der Waals surface area (Å²) in [6.45, 7) is 14.8. The van der Waals surface area contributed by atoms with Crippen LogP contribution >= 0.6 is 0 Å². The van der Waals surface area contributed by atoms with Crippen molar-refractivity contribution in [1.29, 1.82) is 0 Å². The minimum absolute atomic E-state index is 0.138. The van der Waals surface area contributed by atoms with Crippen LogP contribution in [0.2, 0.25) is 0 Å². The van der Waals surface area contributed by atoms with E-state index in [1.807, 2.05) is 0 Å². The van der Waals surface area contributed by atoms with E-state index >= 15 is 0 Å². The largest absolute Gasteiger partial charge is 0.460 e. The molecule has 0 atom stereocenters. The second kappa shape index (κ2) is 14.2. The predicted octanol–water partition coefficient (Wildman–Crippen LogP) is 2.75. The van der Waals surface area contributed by atoms with Crippen LogP contribution in [0.15, 0.2) is 12.2 Å². The van der Waals surface area contributed by atoms with Gasteiger partial charge in [0.15, 0.2) is 0 Å². The van der Waals surface area contributed by atoms with Crippen LogP contribution in [-0.4, -0.2) is 75.2 Å². The number of anilines is 2. The molecule has 1 aromatic rings. The van der Waals surface area contributed by atoms with Crippen LogP contribution in [0, 0.1) is 20.8 Å². The Morgan fingerprint density at radius 3 is 1.69 bits per heavy atom. The number of carbonyl (C=O) groups is 4. The fraction of sp³-hybridized carbons (Fsp3) is 0.520. The molecular weight excluding hydrogens is 454 g/mol. The van der Waals surface area contributed by atoms with Crippen LogP contribution in [0.5, 0.6) is 0 Å². The third-order valence-corrected chi connectivity index (χ3v) is 5.16. The molecule has 1 aromatic carbocycles. The number of carbonyl (C=O) groups excluding carboxylic acids is 4. The van der Waals surface area contributed by atoms with Crippen LogP contribution in [-0.2, 0) is 28.6 Å². The van der Waals surface area contributed by atoms with E-state index in [0.717, 1.165) is 0 Å². The van der Waals surface area contributed by atoms with E-state index in [1.54, 1.807) is 34.7 Å². The summed E-state index contributed by atoms with van der Waals surface area (Å²) in [6, 6.07) is 0. The van der Waals surface area contributed by atoms with Gasteiger partial charge in [0, 0.05) is 50.0 Å². The monoisotopic (exact) mass is 491 g/mol. The Balaban J connectivity index is 2.72. The van der Waals surface area contributed by atoms with E-state index in [4.69, 9.17) is 14.2 Å². The van der Waals surface area contributed by atoms with Gasteiger partial charge in [-0.25, -0.2) is 4.79 Å². The van der Waals surface area contributed by atoms with Crippen molar-refractivity contribution in [2.75, 3.05) is 57.3 Å². The Hall–Kier alpha value is -3.24. The quantitative estimate of drug-likeness (QED) is 0.247. The van der Waals surface area contributed by atoms with E-state index in [9.17, 15) is 19.2 Å². The minimum atomic E-state index is -0.454. The molecule has 0 spiro atoms. The third-order valence-electron chi connectivity index (χ3n) is 5.16. The molecule has 0 fully saturated rings. The Bertz CT molecular complexity index is 929. The van der Waals surface area contributed by atoms with Gasteiger partial charge in [-0.1, -0.05) is 6.58 Å². The van der Waals surface area contributed by atoms with Crippen molar-refractivity contribution in [2.45, 2.75) is 41.5 Å². The number of nitrogens with one attached hydrogen (secondary N) is 2. The molecule has 0 radical (unpaired) electrons. The van der Waals surface area contributed by atoms with Gasteiger partial charge in [-0.15, -0.1) is 0 Å². The zero-order chi connectivity index (χ0) is 26.7. The fourth-order valence-corrected chi connectivity index (χ4v) is 3.40. The van der Waals surface area contributed by atoms with Crippen LogP contribution in [0.1, 0.15) is 47.8 Å². The number of nitrogens with zero attached hydrogens (tertiary/aromatic N) is 1. The SMILES string of the molecule is C=C(C)C(=O)OCCOCCOCCN(C)C(=O)c1c(C)c(NC(C)=O)c(C)c(NC(C)=O)c1C. The average molecular weight is 492 g/mol. The number of esters is 1. The van der Waals surface area contributed by atoms with E-state index in [-0.39, 0.29) is 37.5 Å². The standard InChI is InChI=1S/C25H37N3O7/c1-15(2)25(32)35-14-13-34-12-11-33-10-9-28(8)24(31)21-16(3)22(26-19(6)29)18(5)23(17(21)4)27-20(7)30/h1,9-14H2,2-8H3,(H,26,29)(H,27,30). The molecule has 0 heterocycles. The zero-order valence-electron chi connectivity index (χ0n) is 21.8. The van der Waals surface area contributed by atoms with E-state index in [1.165, 1.54) is 18.7 Å². The van der Waals surface area contributed by atoms with E-state index in [2.05, 4.69) is 17.2 Å². The molecule has 0 aliphatic carbocycles. The molecule has 0 unspecified atom stereocenters. The van der Waals surface area contributed by atoms with Crippen LogP contribution < -0.4 is 10.6 Å². The maximum absolute atomic E-state index is 13.3. The molecule has 0 aromatic heterocycles. The first-order valence-corrected chi connectivity index (χ1v) is 11.3. The molecule has 0 bridgehead atoms. The number of amides is 3. The van der Waals surface area contributed by atoms with Crippen molar-refractivity contribution in [3.63, 3.8) is 0 Å². The Morgan fingerprint density at radius 2 is 1.23 bits per heavy atom. The molecule has 0 saturated carbocycles. The molecule has 0 saturated heterocycles. The van der Waals surface area contributed by atoms with Gasteiger partial charge in [-0.3, -0.25) is 14.4 Å². The topological polar surface area (TPSA) is 123 Å². The van der Waals surface area contributed by atoms with Crippen molar-refractivity contribution in [1.82, 2.24) is 4.90 Å². The molecule has 2 N–H and O–H groups in total. The van der Waals surface area contributed by atoms with Crippen molar-refractivity contribution in [2.24, 2.45) is 0 Å². The summed E-state index contributed by atoms with van der Waals surface area (Å²) in [5.41, 5.74) is 3.70. The highest BCUT2D eigenvalue weighted by atomic mass is 16.6. The summed E-state index contributed by atoms with van der Waals surface area (Å²) in [4.78, 5) is 49.6. The number of hydrogen-bond donors (Lipinski definition) is 2. The first kappa shape index (κ1) is 29.8. The normalized spacial score (nSPS) is 10.5. The van der Waals surface area contributed by atoms with Crippen LogP contribution in [0.4, 0.5) is 11.4 Å². The highest BCUT2D eigenvalue weighted by Crippen LogP contribution is 2.35. The van der Waals surface area contributed by atoms with Crippen molar-refractivity contribution < 1.29 is 33.4 Å². The minimum Gasteiger partial charge on any atom is -0.460 e. The fourth-order valence-electron chi connectivity index (χ4n) is 3.40. The van der Waals surface area contributed by atoms with Gasteiger partial charge >= 0.3 is 5.97 Å². The van der Waals surface area contributed by atoms with Crippen LogP contribution in [0.25, 0.3) is 0 Å². The lowest BCUT2D eigenvalue weighted by Crippen LogP contribution is -2.32. The lowest BCUT2D eigenvalue weighted by molar-refractivity contribution is -0.140. The maximum Gasteiger partial charge on any atom is 0.333 e. The highest BCUT2D eigenvalue weighted by molar-refractivity contribution is 6.05. The van der Waals surface area contributed by atoms with Gasteiger partial charge in [0.25, 0.3) is 5.91 Å². The van der Waals surface area contributed by atoms with Gasteiger partial charge in [-0.05, 0) is 44.4 Å². The third kappa shape index (κ3) is 9.14. The number of rotatable bonds is 13. The highest BCUT2D eigenvalue weighted by Gasteiger charge is 2.24. The zero-order valence-corrected chi connectivity index (χ0v) is 21.8. The number of ether oxygens (including phenoxy) is 3. The van der Waals surface area contributed by atoms with Crippen LogP contribution in [0.3, 0.4) is 0 Å². The summed E-state index contributed by atoms with van der Waals surface area (Å²) < 4.78 is 15.8. The first-order valence-electron chi connectivity index (χ1n) is 11.3. The molecule has 10 heteroatoms. The molecule has 10 nitrogen and oxygen atoms in total. The van der Waals surface area contributed by atoms with Gasteiger partial charge in [0.2, 0.25) is 11.8 Å². The second-order valence-corrected chi connectivity index (χ2v) is 8.23. The number of hydrogen-bond acceptors (Lipinski definition) is 7. The summed E-state index contributed by atoms with van der Waals surface area (Å²) in [6.07, 6.45) is 0. The molecule has 1 rings (SSSR count). The second-order valence-electron chi connectivity index (χ2n) is 8.23. The Kier molecular flexibility index (Phi) is 12.1. The molecule has 0 aliphatic rings. The van der Waals surface area contributed by atoms with E-state index < -0.39 is 5.97 Å². The van der Waals surface area contributed by atoms with Gasteiger partial charge in [-0.2, -0.15) is 0 Å². The molecule has 0 aliphatic heterocycles. The number of benzene rings is 1. The smallest absolute Gasteiger partial charge is 0.333 e. The average Bonchev–Trinajstić information content (AvgIpc) is 2.77. The molecular formula is C25H37N3O7. The summed E-state index contributed by atoms with van der Waals surface area (Å²) in [7, 11) is 1.66. The Morgan fingerprint density at radius 1 is 0.771 bits per heavy atom. The number of likely N-dealkylation sites (N-methyl/N-ethyl adjacent to an activating group) is 1. The van der Waals surface area contributed by atoms with Gasteiger partial charge in [0.05, 0.1) is 26.4 Å². The summed E-state index contributed by atoms with van der Waals surface area (Å²) >= 11 is 0. The van der Waals surface area contributed by atoms with Crippen molar-refractivity contribution >= 4 is 35.1 Å². The predicted molar refractivity (Wildman–Crippen MR) is 134 cm³/mol. The Labute approximate surface area is 207 Å². The molecule has 3 amide bonds. The maximum atomic E-state index is 13.3. The molecule has 194 valence electrons. The first-order chi connectivity index (χ1) is 16.4. The van der Waals surface area contributed by atoms with Gasteiger partial charge < -0.3 is 29.7 Å². The van der Waals surface area contributed by atoms with Gasteiger partial charge in [0.1, 0.15) is 6.61 Å². The van der Waals surface area contributed by atoms with Crippen molar-refractivity contribution in [3.8, 4) is 0 Å². The lowest BCUT2D eigenvalue weighted by atomic mass is 9.93. The molecule has 35 heavy (non-hydrogen) atoms. The summed E-state index contributed by atoms with van der Waals surface area (Å²) in [5, 5.41) is 5.55. The van der Waals surface area contributed by atoms with Crippen molar-refractivity contribution in [3.05, 3.63) is 34.4 Å². The lowest BCUT2D eigenvalue weighted by Gasteiger charge is -2.25.